The summed E-state index contributed by atoms with van der Waals surface area (Å²) in [6, 6.07) is 10.8. The number of carboxylic acids is 1. The van der Waals surface area contributed by atoms with Crippen molar-refractivity contribution in [2.24, 2.45) is 0 Å². The number of ketones is 1. The van der Waals surface area contributed by atoms with Gasteiger partial charge in [0.1, 0.15) is 11.5 Å². The number of non-ortho nitro benzene ring substituents is 1. The van der Waals surface area contributed by atoms with E-state index in [1.807, 2.05) is 0 Å². The highest BCUT2D eigenvalue weighted by atomic mass is 16.6. The maximum absolute atomic E-state index is 13.0. The molecular weight excluding hydrogens is 444 g/mol. The van der Waals surface area contributed by atoms with E-state index in [2.05, 4.69) is 0 Å². The van der Waals surface area contributed by atoms with Crippen LogP contribution in [0.25, 0.3) is 5.76 Å². The van der Waals surface area contributed by atoms with Crippen molar-refractivity contribution >= 4 is 29.1 Å². The van der Waals surface area contributed by atoms with E-state index in [0.717, 1.165) is 0 Å². The number of amides is 1. The lowest BCUT2D eigenvalue weighted by Gasteiger charge is -2.25. The van der Waals surface area contributed by atoms with Crippen molar-refractivity contribution in [2.75, 3.05) is 13.7 Å². The van der Waals surface area contributed by atoms with Gasteiger partial charge in [0.2, 0.25) is 0 Å². The number of likely N-dealkylation sites (tertiary alicyclic amines) is 1. The largest absolute Gasteiger partial charge is 0.507 e. The summed E-state index contributed by atoms with van der Waals surface area (Å²) in [5, 5.41) is 30.8. The van der Waals surface area contributed by atoms with Crippen molar-refractivity contribution in [2.45, 2.75) is 31.7 Å². The van der Waals surface area contributed by atoms with Gasteiger partial charge in [-0.05, 0) is 54.8 Å². The SMILES string of the molecule is COc1ccc(C(O)=C2C(=O)C(=O)N(CCCCCC(=O)O)C2c2ccc([N+](=O)[O-])cc2)cc1. The standard InChI is InChI=1S/C24H24N2O8/c1-34-18-12-8-16(9-13-18)22(29)20-21(15-6-10-17(11-7-15)26(32)33)25(24(31)23(20)30)14-4-2-3-5-19(27)28/h6-13,21,29H,2-5,14H2,1H3,(H,27,28). The highest BCUT2D eigenvalue weighted by Gasteiger charge is 2.45. The number of aliphatic hydroxyl groups excluding tert-OH is 1. The number of carboxylic acid groups (broad SMARTS) is 1. The Morgan fingerprint density at radius 2 is 1.68 bits per heavy atom. The van der Waals surface area contributed by atoms with Gasteiger partial charge in [-0.15, -0.1) is 0 Å². The molecule has 1 atom stereocenters. The monoisotopic (exact) mass is 468 g/mol. The first-order valence-corrected chi connectivity index (χ1v) is 10.6. The number of aliphatic carboxylic acids is 1. The molecule has 178 valence electrons. The Morgan fingerprint density at radius 1 is 1.03 bits per heavy atom. The molecule has 1 fully saturated rings. The number of hydrogen-bond donors (Lipinski definition) is 2. The van der Waals surface area contributed by atoms with E-state index in [9.17, 15) is 29.6 Å². The number of carbonyl (C=O) groups excluding carboxylic acids is 2. The minimum atomic E-state index is -0.942. The van der Waals surface area contributed by atoms with Crippen molar-refractivity contribution in [3.05, 3.63) is 75.3 Å². The number of ether oxygens (including phenoxy) is 1. The number of nitro groups is 1. The van der Waals surface area contributed by atoms with Crippen LogP contribution < -0.4 is 4.74 Å². The number of unbranched alkanes of at least 4 members (excludes halogenated alkanes) is 2. The zero-order chi connectivity index (χ0) is 24.8. The van der Waals surface area contributed by atoms with Gasteiger partial charge in [-0.25, -0.2) is 0 Å². The second kappa shape index (κ2) is 10.6. The molecule has 0 spiro atoms. The molecule has 2 aromatic carbocycles. The summed E-state index contributed by atoms with van der Waals surface area (Å²) in [6.45, 7) is 0.158. The predicted octanol–water partition coefficient (Wildman–Crippen LogP) is 3.67. The van der Waals surface area contributed by atoms with Crippen LogP contribution >= 0.6 is 0 Å². The number of benzene rings is 2. The topological polar surface area (TPSA) is 147 Å². The Kier molecular flexibility index (Phi) is 7.62. The number of aliphatic hydroxyl groups is 1. The van der Waals surface area contributed by atoms with Crippen LogP contribution in [-0.4, -0.2) is 51.4 Å². The third-order valence-corrected chi connectivity index (χ3v) is 5.61. The van der Waals surface area contributed by atoms with E-state index in [1.165, 1.54) is 36.3 Å². The molecule has 0 bridgehead atoms. The summed E-state index contributed by atoms with van der Waals surface area (Å²) >= 11 is 0. The van der Waals surface area contributed by atoms with Crippen LogP contribution in [0.4, 0.5) is 5.69 Å². The molecule has 10 nitrogen and oxygen atoms in total. The fraction of sp³-hybridized carbons (Fsp3) is 0.292. The highest BCUT2D eigenvalue weighted by Crippen LogP contribution is 2.40. The first-order valence-electron chi connectivity index (χ1n) is 10.6. The number of hydrogen-bond acceptors (Lipinski definition) is 7. The van der Waals surface area contributed by atoms with Crippen LogP contribution in [0.1, 0.15) is 42.9 Å². The number of rotatable bonds is 10. The number of nitro benzene ring substituents is 1. The molecule has 2 aromatic rings. The third kappa shape index (κ3) is 5.22. The Labute approximate surface area is 195 Å². The molecular formula is C24H24N2O8. The molecule has 0 aromatic heterocycles. The van der Waals surface area contributed by atoms with Gasteiger partial charge in [-0.1, -0.05) is 6.42 Å². The molecule has 0 aliphatic carbocycles. The lowest BCUT2D eigenvalue weighted by atomic mass is 9.95. The van der Waals surface area contributed by atoms with Crippen molar-refractivity contribution in [1.29, 1.82) is 0 Å². The lowest BCUT2D eigenvalue weighted by Crippen LogP contribution is -2.30. The summed E-state index contributed by atoms with van der Waals surface area (Å²) < 4.78 is 5.11. The van der Waals surface area contributed by atoms with Gasteiger partial charge in [0.15, 0.2) is 0 Å². The van der Waals surface area contributed by atoms with E-state index >= 15 is 0 Å². The molecule has 1 aliphatic rings. The van der Waals surface area contributed by atoms with Crippen molar-refractivity contribution in [3.8, 4) is 5.75 Å². The van der Waals surface area contributed by atoms with Gasteiger partial charge in [0, 0.05) is 30.7 Å². The maximum Gasteiger partial charge on any atom is 0.303 e. The highest BCUT2D eigenvalue weighted by molar-refractivity contribution is 6.46. The molecule has 1 unspecified atom stereocenters. The minimum Gasteiger partial charge on any atom is -0.507 e. The third-order valence-electron chi connectivity index (χ3n) is 5.61. The fourth-order valence-electron chi connectivity index (χ4n) is 3.88. The molecule has 0 radical (unpaired) electrons. The lowest BCUT2D eigenvalue weighted by molar-refractivity contribution is -0.384. The summed E-state index contributed by atoms with van der Waals surface area (Å²) in [7, 11) is 1.49. The first-order chi connectivity index (χ1) is 16.2. The predicted molar refractivity (Wildman–Crippen MR) is 121 cm³/mol. The second-order valence-corrected chi connectivity index (χ2v) is 7.77. The fourth-order valence-corrected chi connectivity index (χ4v) is 3.88. The van der Waals surface area contributed by atoms with E-state index < -0.39 is 28.6 Å². The zero-order valence-corrected chi connectivity index (χ0v) is 18.5. The van der Waals surface area contributed by atoms with Gasteiger partial charge in [0.25, 0.3) is 17.4 Å². The van der Waals surface area contributed by atoms with Crippen LogP contribution in [0.15, 0.2) is 54.1 Å². The van der Waals surface area contributed by atoms with Crippen LogP contribution in [0.2, 0.25) is 0 Å². The van der Waals surface area contributed by atoms with Gasteiger partial charge in [-0.3, -0.25) is 24.5 Å². The molecule has 34 heavy (non-hydrogen) atoms. The van der Waals surface area contributed by atoms with Crippen LogP contribution in [-0.2, 0) is 14.4 Å². The van der Waals surface area contributed by atoms with Gasteiger partial charge in [0.05, 0.1) is 23.6 Å². The van der Waals surface area contributed by atoms with Crippen molar-refractivity contribution in [1.82, 2.24) is 4.90 Å². The summed E-state index contributed by atoms with van der Waals surface area (Å²) in [4.78, 5) is 48.4. The molecule has 2 N–H and O–H groups in total. The minimum absolute atomic E-state index is 0.00205. The average molecular weight is 468 g/mol. The maximum atomic E-state index is 13.0. The van der Waals surface area contributed by atoms with E-state index in [4.69, 9.17) is 9.84 Å². The van der Waals surface area contributed by atoms with Crippen molar-refractivity contribution < 1.29 is 34.3 Å². The molecule has 1 amide bonds. The van der Waals surface area contributed by atoms with Crippen LogP contribution in [0, 0.1) is 10.1 Å². The molecule has 0 saturated carbocycles. The van der Waals surface area contributed by atoms with Crippen LogP contribution in [0.3, 0.4) is 0 Å². The molecule has 1 saturated heterocycles. The second-order valence-electron chi connectivity index (χ2n) is 7.77. The number of methoxy groups -OCH3 is 1. The van der Waals surface area contributed by atoms with E-state index in [0.29, 0.717) is 36.1 Å². The number of nitrogens with zero attached hydrogens (tertiary/aromatic N) is 2. The zero-order valence-electron chi connectivity index (χ0n) is 18.5. The first kappa shape index (κ1) is 24.4. The summed E-state index contributed by atoms with van der Waals surface area (Å²) in [6.07, 6.45) is 1.41. The average Bonchev–Trinajstić information content (AvgIpc) is 3.08. The Bertz CT molecular complexity index is 1120. The normalized spacial score (nSPS) is 17.1. The molecule has 10 heteroatoms. The quantitative estimate of drug-likeness (QED) is 0.134. The Hall–Kier alpha value is -4.21. The van der Waals surface area contributed by atoms with Gasteiger partial charge in [-0.2, -0.15) is 0 Å². The summed E-state index contributed by atoms with van der Waals surface area (Å²) in [5.41, 5.74) is 0.483. The smallest absolute Gasteiger partial charge is 0.303 e. The molecule has 3 rings (SSSR count). The van der Waals surface area contributed by atoms with E-state index in [-0.39, 0.29) is 30.0 Å². The number of Topliss-reactive ketones (excluding diaryl/α,β-unsaturated/α-hetero) is 1. The van der Waals surface area contributed by atoms with E-state index in [1.54, 1.807) is 24.3 Å². The van der Waals surface area contributed by atoms with Crippen LogP contribution in [0.5, 0.6) is 5.75 Å². The Morgan fingerprint density at radius 3 is 2.24 bits per heavy atom. The summed E-state index contributed by atoms with van der Waals surface area (Å²) in [5.74, 6) is -2.38. The van der Waals surface area contributed by atoms with Crippen molar-refractivity contribution in [3.63, 3.8) is 0 Å². The van der Waals surface area contributed by atoms with Gasteiger partial charge >= 0.3 is 5.97 Å². The molecule has 1 aliphatic heterocycles. The molecule has 1 heterocycles. The Balaban J connectivity index is 1.99. The van der Waals surface area contributed by atoms with Gasteiger partial charge < -0.3 is 19.8 Å². The number of carbonyl (C=O) groups is 3.